The highest BCUT2D eigenvalue weighted by Crippen LogP contribution is 2.53. The monoisotopic (exact) mass is 790 g/mol. The number of aromatic nitrogens is 1. The third-order valence-electron chi connectivity index (χ3n) is 13.2. The van der Waals surface area contributed by atoms with Crippen molar-refractivity contribution in [3.63, 3.8) is 0 Å². The Kier molecular flexibility index (Phi) is 8.64. The lowest BCUT2D eigenvalue weighted by molar-refractivity contribution is 0.0270. The molecule has 3 aliphatic rings. The van der Waals surface area contributed by atoms with Crippen LogP contribution in [-0.4, -0.2) is 22.0 Å². The molecule has 0 amide bonds. The van der Waals surface area contributed by atoms with Gasteiger partial charge in [-0.25, -0.2) is 9.98 Å². The number of hydrogen-bond donors (Lipinski definition) is 0. The van der Waals surface area contributed by atoms with Crippen LogP contribution >= 0.6 is 0 Å². The van der Waals surface area contributed by atoms with Gasteiger partial charge in [0.25, 0.3) is 0 Å². The second-order valence-corrected chi connectivity index (χ2v) is 21.5. The number of hydrogen-bond acceptors (Lipinski definition) is 5. The fourth-order valence-electron chi connectivity index (χ4n) is 9.81. The van der Waals surface area contributed by atoms with Gasteiger partial charge in [0.2, 0.25) is 5.90 Å². The largest absolute Gasteiger partial charge is 0.468 e. The van der Waals surface area contributed by atoms with E-state index < -0.39 is 17.5 Å². The maximum Gasteiger partial charge on any atom is 0.217 e. The number of aryl methyl sites for hydroxylation is 2. The van der Waals surface area contributed by atoms with Crippen LogP contribution in [-0.2, 0) is 39.2 Å². The number of fused-ring (bicyclic) bond motifs is 4. The first kappa shape index (κ1) is 38.3. The van der Waals surface area contributed by atoms with Gasteiger partial charge < -0.3 is 9.47 Å². The van der Waals surface area contributed by atoms with Gasteiger partial charge in [0, 0.05) is 44.3 Å². The van der Waals surface area contributed by atoms with Gasteiger partial charge in [-0.3, -0.25) is 4.90 Å². The minimum absolute atomic E-state index is 0.00331. The molecule has 0 fully saturated rings. The van der Waals surface area contributed by atoms with Gasteiger partial charge in [0.15, 0.2) is 0 Å². The molecule has 0 radical (unpaired) electrons. The van der Waals surface area contributed by atoms with Gasteiger partial charge in [-0.15, -0.1) is 0 Å². The summed E-state index contributed by atoms with van der Waals surface area (Å²) in [5, 5.41) is 0. The Hall–Kier alpha value is -4.90. The van der Waals surface area contributed by atoms with Gasteiger partial charge in [-0.05, 0) is 143 Å². The first-order chi connectivity index (χ1) is 28.1. The number of aliphatic imine (C=N–C) groups is 1. The molecule has 2 aliphatic heterocycles. The molecule has 3 heterocycles. The van der Waals surface area contributed by atoms with Crippen LogP contribution in [0.1, 0.15) is 154 Å². The normalized spacial score (nSPS) is 22.2. The lowest BCUT2D eigenvalue weighted by Crippen LogP contribution is -2.53. The first-order valence-electron chi connectivity index (χ1n) is 22.4. The van der Waals surface area contributed by atoms with Crippen LogP contribution in [0.15, 0.2) is 84.0 Å². The molecule has 1 aromatic heterocycles. The third kappa shape index (κ3) is 6.87. The van der Waals surface area contributed by atoms with E-state index in [9.17, 15) is 2.74 Å². The summed E-state index contributed by atoms with van der Waals surface area (Å²) in [5.41, 5.74) is 11.4. The van der Waals surface area contributed by atoms with Crippen LogP contribution in [0.25, 0.3) is 0 Å². The molecule has 1 aliphatic carbocycles. The predicted octanol–water partition coefficient (Wildman–Crippen LogP) is 13.9. The van der Waals surface area contributed by atoms with E-state index >= 15 is 0 Å². The summed E-state index contributed by atoms with van der Waals surface area (Å²) in [7, 11) is 0. The average Bonchev–Trinajstić information content (AvgIpc) is 3.42. The Morgan fingerprint density at radius 3 is 2.12 bits per heavy atom. The van der Waals surface area contributed by atoms with Crippen molar-refractivity contribution in [2.75, 3.05) is 4.90 Å². The molecule has 0 saturated carbocycles. The van der Waals surface area contributed by atoms with Crippen molar-refractivity contribution in [3.05, 3.63) is 140 Å². The summed E-state index contributed by atoms with van der Waals surface area (Å²) < 4.78 is 33.5. The first-order valence-corrected chi connectivity index (χ1v) is 21.4. The minimum atomic E-state index is -1.79. The standard InChI is InChI=1S/C54H65N3O2/c1-32-22-39(57-45-20-19-37(49(4,5)6)28-44(45)52(13,14)43-18-17-21-55-47(43)57)29-40(23-32)58-41-26-35(25-38(27-41)50(7,8)9)48-56-53(15)30-36-24-33(2)46(51(10,11)12)34(3)42(36)31-54(53,16)59-48/h17-29H,30-31H2,1-16H3/t53-,54-/m0/s1/i30D2. The molecule has 0 bridgehead atoms. The molecule has 8 rings (SSSR count). The molecular formula is C54H65N3O2. The summed E-state index contributed by atoms with van der Waals surface area (Å²) >= 11 is 0. The summed E-state index contributed by atoms with van der Waals surface area (Å²) in [6, 6.07) is 25.8. The van der Waals surface area contributed by atoms with E-state index in [0.717, 1.165) is 56.1 Å². The van der Waals surface area contributed by atoms with Crippen molar-refractivity contribution in [3.8, 4) is 11.5 Å². The van der Waals surface area contributed by atoms with Crippen LogP contribution in [0.4, 0.5) is 17.2 Å². The van der Waals surface area contributed by atoms with Gasteiger partial charge in [0.05, 0.1) is 11.4 Å². The van der Waals surface area contributed by atoms with Gasteiger partial charge in [0.1, 0.15) is 28.5 Å². The number of rotatable bonds is 4. The molecule has 5 nitrogen and oxygen atoms in total. The lowest BCUT2D eigenvalue weighted by Gasteiger charge is -2.44. The number of nitrogens with zero attached hydrogens (tertiary/aromatic N) is 3. The topological polar surface area (TPSA) is 47.0 Å². The average molecular weight is 790 g/mol. The zero-order valence-corrected chi connectivity index (χ0v) is 38.4. The Labute approximate surface area is 357 Å². The Morgan fingerprint density at radius 2 is 1.44 bits per heavy atom. The molecule has 0 spiro atoms. The number of pyridine rings is 1. The number of ether oxygens (including phenoxy) is 2. The summed E-state index contributed by atoms with van der Waals surface area (Å²) in [4.78, 5) is 12.5. The van der Waals surface area contributed by atoms with E-state index in [1.807, 2.05) is 32.2 Å². The Bertz CT molecular complexity index is 2650. The van der Waals surface area contributed by atoms with Crippen molar-refractivity contribution in [1.29, 1.82) is 0 Å². The summed E-state index contributed by atoms with van der Waals surface area (Å²) in [6.45, 7) is 35.0. The zero-order valence-electron chi connectivity index (χ0n) is 40.4. The van der Waals surface area contributed by atoms with Gasteiger partial charge in [-0.2, -0.15) is 0 Å². The Morgan fingerprint density at radius 1 is 0.746 bits per heavy atom. The summed E-state index contributed by atoms with van der Waals surface area (Å²) in [5.74, 6) is 2.73. The molecule has 0 saturated heterocycles. The molecule has 2 atom stereocenters. The maximum absolute atomic E-state index is 9.78. The van der Waals surface area contributed by atoms with Crippen molar-refractivity contribution in [1.82, 2.24) is 4.98 Å². The van der Waals surface area contributed by atoms with Gasteiger partial charge in [-0.1, -0.05) is 100 Å². The SMILES string of the molecule is [2H]C1([2H])c2cc(C)c(C(C)(C)C)c(C)c2C[C@]2(C)OC(c3cc(Oc4cc(C)cc(N5c6ccc(C(C)(C)C)cc6C(C)(C)c6cccnc65)c4)cc(C(C)(C)C)c3)=N[C@@]12C. The lowest BCUT2D eigenvalue weighted by atomic mass is 9.66. The number of anilines is 3. The third-order valence-corrected chi connectivity index (χ3v) is 13.2. The molecule has 59 heavy (non-hydrogen) atoms. The second kappa shape index (κ2) is 13.3. The highest BCUT2D eigenvalue weighted by molar-refractivity contribution is 5.97. The van der Waals surface area contributed by atoms with Crippen LogP contribution < -0.4 is 9.64 Å². The highest BCUT2D eigenvalue weighted by atomic mass is 16.5. The van der Waals surface area contributed by atoms with Gasteiger partial charge >= 0.3 is 0 Å². The van der Waals surface area contributed by atoms with Crippen LogP contribution in [0, 0.1) is 20.8 Å². The minimum Gasteiger partial charge on any atom is -0.468 e. The summed E-state index contributed by atoms with van der Waals surface area (Å²) in [6.07, 6.45) is 0.650. The van der Waals surface area contributed by atoms with Crippen molar-refractivity contribution in [2.24, 2.45) is 4.99 Å². The van der Waals surface area contributed by atoms with E-state index in [0.29, 0.717) is 23.8 Å². The van der Waals surface area contributed by atoms with Crippen molar-refractivity contribution >= 4 is 23.1 Å². The Balaban J connectivity index is 1.21. The molecular weight excluding hydrogens is 723 g/mol. The molecule has 5 aromatic rings. The molecule has 308 valence electrons. The quantitative estimate of drug-likeness (QED) is 0.182. The van der Waals surface area contributed by atoms with Crippen LogP contribution in [0.3, 0.4) is 0 Å². The molecule has 0 unspecified atom stereocenters. The predicted molar refractivity (Wildman–Crippen MR) is 246 cm³/mol. The van der Waals surface area contributed by atoms with E-state index in [1.165, 1.54) is 22.3 Å². The fraction of sp³-hybridized carbons (Fsp3) is 0.444. The van der Waals surface area contributed by atoms with Crippen LogP contribution in [0.5, 0.6) is 11.5 Å². The van der Waals surface area contributed by atoms with Crippen molar-refractivity contribution < 1.29 is 12.2 Å². The second-order valence-electron chi connectivity index (χ2n) is 21.5. The zero-order chi connectivity index (χ0) is 44.6. The van der Waals surface area contributed by atoms with E-state index in [1.54, 1.807) is 0 Å². The smallest absolute Gasteiger partial charge is 0.217 e. The van der Waals surface area contributed by atoms with E-state index in [-0.39, 0.29) is 21.7 Å². The maximum atomic E-state index is 9.78. The fourth-order valence-corrected chi connectivity index (χ4v) is 9.81. The van der Waals surface area contributed by atoms with Crippen LogP contribution in [0.2, 0.25) is 0 Å². The number of benzene rings is 4. The molecule has 0 N–H and O–H groups in total. The highest BCUT2D eigenvalue weighted by Gasteiger charge is 2.55. The van der Waals surface area contributed by atoms with E-state index in [2.05, 4.69) is 162 Å². The van der Waals surface area contributed by atoms with E-state index in [4.69, 9.17) is 19.5 Å². The molecule has 4 aromatic carbocycles. The molecule has 5 heteroatoms. The van der Waals surface area contributed by atoms with Crippen molar-refractivity contribution in [2.45, 2.75) is 156 Å².